The lowest BCUT2D eigenvalue weighted by Gasteiger charge is -2.08. The molecule has 0 saturated carbocycles. The zero-order chi connectivity index (χ0) is 17.5. The quantitative estimate of drug-likeness (QED) is 0.605. The van der Waals surface area contributed by atoms with Gasteiger partial charge in [0.1, 0.15) is 6.04 Å². The molecule has 0 unspecified atom stereocenters. The van der Waals surface area contributed by atoms with E-state index in [2.05, 4.69) is 5.32 Å². The van der Waals surface area contributed by atoms with Crippen LogP contribution in [0, 0.1) is 0 Å². The third-order valence-corrected chi connectivity index (χ3v) is 3.64. The van der Waals surface area contributed by atoms with Crippen molar-refractivity contribution in [1.29, 1.82) is 0 Å². The van der Waals surface area contributed by atoms with Gasteiger partial charge in [0.2, 0.25) is 0 Å². The number of benzene rings is 2. The van der Waals surface area contributed by atoms with E-state index in [4.69, 9.17) is 16.6 Å². The smallest absolute Gasteiger partial charge is 0.320 e. The van der Waals surface area contributed by atoms with Crippen molar-refractivity contribution in [2.75, 3.05) is 13.1 Å². The number of aliphatic carboxylic acids is 1. The fourth-order valence-corrected chi connectivity index (χ4v) is 2.28. The van der Waals surface area contributed by atoms with Gasteiger partial charge in [0.15, 0.2) is 0 Å². The molecule has 2 aromatic rings. The largest absolute Gasteiger partial charge is 0.480 e. The van der Waals surface area contributed by atoms with Crippen molar-refractivity contribution in [3.05, 3.63) is 59.7 Å². The van der Waals surface area contributed by atoms with Crippen LogP contribution in [0.1, 0.15) is 15.9 Å². The molecule has 2 aromatic carbocycles. The molecule has 0 aromatic heterocycles. The Balaban J connectivity index is 2.06. The average molecular weight is 327 g/mol. The highest BCUT2D eigenvalue weighted by atomic mass is 16.4. The van der Waals surface area contributed by atoms with Crippen LogP contribution in [0.2, 0.25) is 0 Å². The number of rotatable bonds is 7. The molecule has 0 fully saturated rings. The maximum atomic E-state index is 11.8. The van der Waals surface area contributed by atoms with Crippen molar-refractivity contribution < 1.29 is 14.7 Å². The van der Waals surface area contributed by atoms with Crippen molar-refractivity contribution in [2.45, 2.75) is 12.5 Å². The van der Waals surface area contributed by atoms with Crippen molar-refractivity contribution in [3.8, 4) is 11.1 Å². The maximum absolute atomic E-state index is 11.8. The first-order chi connectivity index (χ1) is 11.5. The zero-order valence-corrected chi connectivity index (χ0v) is 13.2. The summed E-state index contributed by atoms with van der Waals surface area (Å²) in [4.78, 5) is 22.6. The van der Waals surface area contributed by atoms with Crippen LogP contribution >= 0.6 is 0 Å². The van der Waals surface area contributed by atoms with Crippen LogP contribution in [-0.2, 0) is 11.2 Å². The standard InChI is InChI=1S/C18H21N3O3/c19-9-10-21-17(22)15-7-5-14(6-8-15)13-3-1-12(2-4-13)11-16(20)18(23)24/h1-8,16H,9-11,19-20H2,(H,21,22)(H,23,24)/t16-/m0/s1. The molecular formula is C18H21N3O3. The van der Waals surface area contributed by atoms with Gasteiger partial charge in [-0.1, -0.05) is 36.4 Å². The van der Waals surface area contributed by atoms with E-state index in [1.807, 2.05) is 36.4 Å². The molecule has 6 nitrogen and oxygen atoms in total. The zero-order valence-electron chi connectivity index (χ0n) is 13.2. The Hall–Kier alpha value is -2.70. The third kappa shape index (κ3) is 4.65. The van der Waals surface area contributed by atoms with E-state index >= 15 is 0 Å². The van der Waals surface area contributed by atoms with Gasteiger partial charge >= 0.3 is 5.97 Å². The summed E-state index contributed by atoms with van der Waals surface area (Å²) in [5.74, 6) is -1.16. The van der Waals surface area contributed by atoms with Crippen molar-refractivity contribution >= 4 is 11.9 Å². The summed E-state index contributed by atoms with van der Waals surface area (Å²) < 4.78 is 0. The van der Waals surface area contributed by atoms with Crippen molar-refractivity contribution in [2.24, 2.45) is 11.5 Å². The van der Waals surface area contributed by atoms with Gasteiger partial charge < -0.3 is 21.9 Å². The van der Waals surface area contributed by atoms with E-state index in [9.17, 15) is 9.59 Å². The minimum absolute atomic E-state index is 0.148. The molecule has 0 radical (unpaired) electrons. The summed E-state index contributed by atoms with van der Waals surface area (Å²) in [5.41, 5.74) is 14.3. The number of hydrogen-bond acceptors (Lipinski definition) is 4. The summed E-state index contributed by atoms with van der Waals surface area (Å²) in [6.45, 7) is 0.849. The van der Waals surface area contributed by atoms with Crippen LogP contribution in [0.15, 0.2) is 48.5 Å². The van der Waals surface area contributed by atoms with Gasteiger partial charge in [0, 0.05) is 18.7 Å². The van der Waals surface area contributed by atoms with Gasteiger partial charge in [-0.05, 0) is 35.2 Å². The minimum atomic E-state index is -1.01. The SMILES string of the molecule is NCCNC(=O)c1ccc(-c2ccc(C[C@H](N)C(=O)O)cc2)cc1. The third-order valence-electron chi connectivity index (χ3n) is 3.64. The van der Waals surface area contributed by atoms with E-state index in [0.717, 1.165) is 16.7 Å². The Morgan fingerprint density at radius 1 is 1.00 bits per heavy atom. The Morgan fingerprint density at radius 2 is 1.54 bits per heavy atom. The summed E-state index contributed by atoms with van der Waals surface area (Å²) in [7, 11) is 0. The van der Waals surface area contributed by atoms with Gasteiger partial charge in [0.25, 0.3) is 5.91 Å². The maximum Gasteiger partial charge on any atom is 0.320 e. The number of carbonyl (C=O) groups excluding carboxylic acids is 1. The molecule has 126 valence electrons. The molecule has 24 heavy (non-hydrogen) atoms. The Morgan fingerprint density at radius 3 is 2.04 bits per heavy atom. The summed E-state index contributed by atoms with van der Waals surface area (Å²) in [6.07, 6.45) is 0.288. The molecule has 0 aliphatic rings. The predicted molar refractivity (Wildman–Crippen MR) is 92.6 cm³/mol. The second-order valence-electron chi connectivity index (χ2n) is 5.47. The highest BCUT2D eigenvalue weighted by Gasteiger charge is 2.12. The highest BCUT2D eigenvalue weighted by Crippen LogP contribution is 2.21. The van der Waals surface area contributed by atoms with E-state index in [-0.39, 0.29) is 12.3 Å². The summed E-state index contributed by atoms with van der Waals surface area (Å²) in [5, 5.41) is 11.6. The monoisotopic (exact) mass is 327 g/mol. The van der Waals surface area contributed by atoms with Crippen LogP contribution in [0.3, 0.4) is 0 Å². The number of carbonyl (C=O) groups is 2. The predicted octanol–water partition coefficient (Wildman–Crippen LogP) is 0.997. The molecule has 1 amide bonds. The molecule has 0 aliphatic carbocycles. The fraction of sp³-hybridized carbons (Fsp3) is 0.222. The lowest BCUT2D eigenvalue weighted by Crippen LogP contribution is -2.32. The summed E-state index contributed by atoms with van der Waals surface area (Å²) >= 11 is 0. The molecule has 6 heteroatoms. The normalized spacial score (nSPS) is 11.8. The fourth-order valence-electron chi connectivity index (χ4n) is 2.28. The van der Waals surface area contributed by atoms with Gasteiger partial charge in [0.05, 0.1) is 0 Å². The highest BCUT2D eigenvalue weighted by molar-refractivity contribution is 5.94. The molecule has 0 aliphatic heterocycles. The molecule has 2 rings (SSSR count). The van der Waals surface area contributed by atoms with Gasteiger partial charge in [-0.2, -0.15) is 0 Å². The summed E-state index contributed by atoms with van der Waals surface area (Å²) in [6, 6.07) is 13.9. The number of nitrogens with one attached hydrogen (secondary N) is 1. The lowest BCUT2D eigenvalue weighted by atomic mass is 10.00. The molecule has 0 spiro atoms. The van der Waals surface area contributed by atoms with E-state index < -0.39 is 12.0 Å². The molecular weight excluding hydrogens is 306 g/mol. The van der Waals surface area contributed by atoms with E-state index in [1.54, 1.807) is 12.1 Å². The second-order valence-corrected chi connectivity index (χ2v) is 5.47. The van der Waals surface area contributed by atoms with Gasteiger partial charge in [-0.15, -0.1) is 0 Å². The van der Waals surface area contributed by atoms with Gasteiger partial charge in [-0.3, -0.25) is 9.59 Å². The first-order valence-corrected chi connectivity index (χ1v) is 7.67. The average Bonchev–Trinajstić information content (AvgIpc) is 2.60. The second kappa shape index (κ2) is 8.24. The molecule has 6 N–H and O–H groups in total. The van der Waals surface area contributed by atoms with E-state index in [0.29, 0.717) is 18.7 Å². The molecule has 0 bridgehead atoms. The number of nitrogens with two attached hydrogens (primary N) is 2. The molecule has 1 atom stereocenters. The van der Waals surface area contributed by atoms with Crippen LogP contribution < -0.4 is 16.8 Å². The van der Waals surface area contributed by atoms with Crippen LogP contribution in [0.5, 0.6) is 0 Å². The van der Waals surface area contributed by atoms with Crippen molar-refractivity contribution in [3.63, 3.8) is 0 Å². The van der Waals surface area contributed by atoms with Crippen LogP contribution in [0.25, 0.3) is 11.1 Å². The number of carboxylic acids is 1. The lowest BCUT2D eigenvalue weighted by molar-refractivity contribution is -0.138. The van der Waals surface area contributed by atoms with Crippen molar-refractivity contribution in [1.82, 2.24) is 5.32 Å². The molecule has 0 saturated heterocycles. The van der Waals surface area contributed by atoms with Crippen LogP contribution in [0.4, 0.5) is 0 Å². The Bertz CT molecular complexity index is 696. The Kier molecular flexibility index (Phi) is 6.06. The van der Waals surface area contributed by atoms with Gasteiger partial charge in [-0.25, -0.2) is 0 Å². The minimum Gasteiger partial charge on any atom is -0.480 e. The number of amides is 1. The van der Waals surface area contributed by atoms with E-state index in [1.165, 1.54) is 0 Å². The Labute approximate surface area is 140 Å². The number of hydrogen-bond donors (Lipinski definition) is 4. The molecule has 0 heterocycles. The first kappa shape index (κ1) is 17.7. The topological polar surface area (TPSA) is 118 Å². The number of carboxylic acid groups (broad SMARTS) is 1. The first-order valence-electron chi connectivity index (χ1n) is 7.67. The van der Waals surface area contributed by atoms with Crippen LogP contribution in [-0.4, -0.2) is 36.1 Å².